The van der Waals surface area contributed by atoms with Crippen molar-refractivity contribution < 1.29 is 24.5 Å². The topological polar surface area (TPSA) is 51.8 Å². The smallest absolute Gasteiger partial charge is 0.123 e. The molecule has 0 atom stereocenters. The molecular formula is C38H35IrN3OS-2. The molecular weight excluding hydrogens is 739 g/mol. The molecule has 0 amide bonds. The maximum Gasteiger partial charge on any atom is 0.123 e. The van der Waals surface area contributed by atoms with E-state index in [0.29, 0.717) is 5.92 Å². The number of aromatic nitrogens is 3. The standard InChI is InChI=1S/C26H25N2OS.C12H10N.Ir/c1-14(2)18-10-20(27-13-15(18)3)17-9-7-8-16-19-11-23-21(12-22(19)29-24(16)17)28-25(30-23)26(4,5)6;1-10-7-8-12(13-9-10)11-5-3-2-4-6-11;/h7-8,10-14H,1-6H3;2-5,7-9H,1H3;/q2*-1;. The molecule has 0 N–H and O–H groups in total. The van der Waals surface area contributed by atoms with Crippen molar-refractivity contribution >= 4 is 43.5 Å². The molecule has 0 saturated heterocycles. The fraction of sp³-hybridized carbons (Fsp3) is 0.237. The zero-order chi connectivity index (χ0) is 30.3. The summed E-state index contributed by atoms with van der Waals surface area (Å²) in [7, 11) is 0. The Balaban J connectivity index is 0.000000230. The van der Waals surface area contributed by atoms with Crippen LogP contribution in [0.5, 0.6) is 0 Å². The number of hydrogen-bond acceptors (Lipinski definition) is 5. The molecule has 0 bridgehead atoms. The number of nitrogens with zero attached hydrogens (tertiary/aromatic N) is 3. The molecule has 3 aromatic carbocycles. The number of aryl methyl sites for hydroxylation is 2. The van der Waals surface area contributed by atoms with E-state index in [9.17, 15) is 0 Å². The van der Waals surface area contributed by atoms with Gasteiger partial charge in [-0.15, -0.1) is 65.4 Å². The molecule has 0 aliphatic heterocycles. The summed E-state index contributed by atoms with van der Waals surface area (Å²) in [5.74, 6) is 0.441. The number of benzene rings is 3. The molecule has 44 heavy (non-hydrogen) atoms. The Bertz CT molecular complexity index is 2050. The van der Waals surface area contributed by atoms with Gasteiger partial charge < -0.3 is 14.4 Å². The van der Waals surface area contributed by atoms with Gasteiger partial charge in [0.15, 0.2) is 0 Å². The molecule has 0 aliphatic rings. The fourth-order valence-corrected chi connectivity index (χ4v) is 6.20. The van der Waals surface area contributed by atoms with Gasteiger partial charge in [0.1, 0.15) is 5.58 Å². The van der Waals surface area contributed by atoms with Gasteiger partial charge in [0.2, 0.25) is 0 Å². The Morgan fingerprint density at radius 1 is 0.841 bits per heavy atom. The van der Waals surface area contributed by atoms with Gasteiger partial charge in [-0.2, -0.15) is 0 Å². The second kappa shape index (κ2) is 12.7. The minimum absolute atomic E-state index is 0. The third-order valence-corrected chi connectivity index (χ3v) is 8.95. The number of fused-ring (bicyclic) bond motifs is 4. The normalized spacial score (nSPS) is 11.5. The largest absolute Gasteiger partial charge is 0.501 e. The third-order valence-electron chi connectivity index (χ3n) is 7.50. The van der Waals surface area contributed by atoms with Crippen LogP contribution in [0.2, 0.25) is 0 Å². The zero-order valence-corrected chi connectivity index (χ0v) is 29.3. The van der Waals surface area contributed by atoms with E-state index in [2.05, 4.69) is 89.0 Å². The Morgan fingerprint density at radius 3 is 2.32 bits per heavy atom. The van der Waals surface area contributed by atoms with Crippen molar-refractivity contribution in [1.29, 1.82) is 0 Å². The third kappa shape index (κ3) is 6.39. The average molecular weight is 774 g/mol. The summed E-state index contributed by atoms with van der Waals surface area (Å²) in [6.07, 6.45) is 3.82. The van der Waals surface area contributed by atoms with Crippen molar-refractivity contribution in [3.8, 4) is 22.5 Å². The summed E-state index contributed by atoms with van der Waals surface area (Å²) in [5, 5.41) is 3.36. The molecule has 0 spiro atoms. The van der Waals surface area contributed by atoms with Gasteiger partial charge in [0.25, 0.3) is 0 Å². The van der Waals surface area contributed by atoms with Crippen LogP contribution in [0.1, 0.15) is 62.2 Å². The van der Waals surface area contributed by atoms with Gasteiger partial charge >= 0.3 is 0 Å². The van der Waals surface area contributed by atoms with Crippen LogP contribution in [-0.2, 0) is 25.5 Å². The van der Waals surface area contributed by atoms with E-state index < -0.39 is 0 Å². The number of hydrogen-bond donors (Lipinski definition) is 0. The molecule has 1 radical (unpaired) electrons. The minimum atomic E-state index is 0. The zero-order valence-electron chi connectivity index (χ0n) is 26.1. The van der Waals surface area contributed by atoms with E-state index in [1.807, 2.05) is 55.7 Å². The maximum absolute atomic E-state index is 6.36. The molecule has 7 aromatic rings. The maximum atomic E-state index is 6.36. The van der Waals surface area contributed by atoms with E-state index in [0.717, 1.165) is 55.0 Å². The first-order valence-corrected chi connectivity index (χ1v) is 15.4. The van der Waals surface area contributed by atoms with Gasteiger partial charge in [-0.25, -0.2) is 4.98 Å². The molecule has 4 nitrogen and oxygen atoms in total. The predicted octanol–water partition coefficient (Wildman–Crippen LogP) is 10.6. The van der Waals surface area contributed by atoms with Crippen LogP contribution < -0.4 is 0 Å². The summed E-state index contributed by atoms with van der Waals surface area (Å²) in [4.78, 5) is 13.9. The van der Waals surface area contributed by atoms with E-state index in [4.69, 9.17) is 14.4 Å². The van der Waals surface area contributed by atoms with E-state index in [1.54, 1.807) is 11.3 Å². The Labute approximate surface area is 277 Å². The molecule has 4 heterocycles. The molecule has 0 unspecified atom stereocenters. The van der Waals surface area contributed by atoms with Crippen LogP contribution in [0.25, 0.3) is 54.7 Å². The minimum Gasteiger partial charge on any atom is -0.501 e. The van der Waals surface area contributed by atoms with Gasteiger partial charge in [-0.1, -0.05) is 63.8 Å². The molecule has 0 fully saturated rings. The Hall–Kier alpha value is -3.70. The van der Waals surface area contributed by atoms with Crippen LogP contribution in [0.15, 0.2) is 83.5 Å². The first kappa shape index (κ1) is 31.7. The Morgan fingerprint density at radius 2 is 1.64 bits per heavy atom. The number of rotatable bonds is 3. The van der Waals surface area contributed by atoms with Gasteiger partial charge in [0, 0.05) is 49.4 Å². The van der Waals surface area contributed by atoms with E-state index >= 15 is 0 Å². The van der Waals surface area contributed by atoms with Crippen LogP contribution >= 0.6 is 11.3 Å². The Kier molecular flexibility index (Phi) is 9.17. The fourth-order valence-electron chi connectivity index (χ4n) is 5.15. The van der Waals surface area contributed by atoms with E-state index in [1.165, 1.54) is 21.4 Å². The molecule has 6 heteroatoms. The quantitative estimate of drug-likeness (QED) is 0.168. The van der Waals surface area contributed by atoms with Crippen molar-refractivity contribution in [1.82, 2.24) is 15.0 Å². The second-order valence-electron chi connectivity index (χ2n) is 12.4. The summed E-state index contributed by atoms with van der Waals surface area (Å²) in [5.41, 5.74) is 10.3. The van der Waals surface area contributed by atoms with Crippen molar-refractivity contribution in [2.45, 2.75) is 59.8 Å². The summed E-state index contributed by atoms with van der Waals surface area (Å²) >= 11 is 1.77. The molecule has 0 saturated carbocycles. The molecule has 7 rings (SSSR count). The van der Waals surface area contributed by atoms with Crippen molar-refractivity contribution in [3.63, 3.8) is 0 Å². The van der Waals surface area contributed by atoms with Gasteiger partial charge in [-0.05, 0) is 53.9 Å². The summed E-state index contributed by atoms with van der Waals surface area (Å²) in [6, 6.07) is 29.0. The monoisotopic (exact) mass is 774 g/mol. The van der Waals surface area contributed by atoms with Gasteiger partial charge in [-0.3, -0.25) is 0 Å². The van der Waals surface area contributed by atoms with E-state index in [-0.39, 0.29) is 25.5 Å². The summed E-state index contributed by atoms with van der Waals surface area (Å²) < 4.78 is 7.56. The SMILES string of the molecule is Cc1ccc(-c2[c-]cccc2)nc1.Cc1cnc(-c2[c-]ccc3c2oc2cc4nc(C(C)(C)C)sc4cc23)cc1C(C)C.[Ir]. The predicted molar refractivity (Wildman–Crippen MR) is 180 cm³/mol. The molecule has 4 aromatic heterocycles. The molecule has 0 aliphatic carbocycles. The molecule has 225 valence electrons. The first-order chi connectivity index (χ1) is 20.6. The summed E-state index contributed by atoms with van der Waals surface area (Å²) in [6.45, 7) is 15.2. The second-order valence-corrected chi connectivity index (χ2v) is 13.4. The first-order valence-electron chi connectivity index (χ1n) is 14.6. The van der Waals surface area contributed by atoms with Crippen LogP contribution in [0, 0.1) is 26.0 Å². The van der Waals surface area contributed by atoms with Gasteiger partial charge in [0.05, 0.1) is 20.8 Å². The number of furan rings is 1. The number of pyridine rings is 2. The van der Waals surface area contributed by atoms with Crippen molar-refractivity contribution in [2.75, 3.05) is 0 Å². The van der Waals surface area contributed by atoms with Crippen LogP contribution in [0.4, 0.5) is 0 Å². The van der Waals surface area contributed by atoms with Crippen LogP contribution in [0.3, 0.4) is 0 Å². The number of thiazole rings is 1. The average Bonchev–Trinajstić information content (AvgIpc) is 3.58. The van der Waals surface area contributed by atoms with Crippen molar-refractivity contribution in [2.24, 2.45) is 0 Å². The van der Waals surface area contributed by atoms with Crippen molar-refractivity contribution in [3.05, 3.63) is 113 Å². The van der Waals surface area contributed by atoms with Crippen LogP contribution in [-0.4, -0.2) is 15.0 Å².